The molecule has 2 atom stereocenters. The molecule has 0 aliphatic carbocycles. The third-order valence-electron chi connectivity index (χ3n) is 6.35. The van der Waals surface area contributed by atoms with Gasteiger partial charge in [-0.3, -0.25) is 4.79 Å². The lowest BCUT2D eigenvalue weighted by Gasteiger charge is -2.25. The van der Waals surface area contributed by atoms with E-state index >= 15 is 0 Å². The zero-order valence-electron chi connectivity index (χ0n) is 19.0. The summed E-state index contributed by atoms with van der Waals surface area (Å²) in [5.74, 6) is 1.27. The fourth-order valence-corrected chi connectivity index (χ4v) is 4.42. The zero-order chi connectivity index (χ0) is 24.2. The monoisotopic (exact) mass is 479 g/mol. The molecule has 0 saturated heterocycles. The maximum Gasteiger partial charge on any atom is 0.231 e. The molecule has 1 amide bonds. The maximum atomic E-state index is 13.4. The van der Waals surface area contributed by atoms with Gasteiger partial charge < -0.3 is 29.4 Å². The van der Waals surface area contributed by atoms with E-state index in [4.69, 9.17) is 18.9 Å². The number of nitrogens with one attached hydrogen (secondary N) is 1. The van der Waals surface area contributed by atoms with E-state index in [0.717, 1.165) is 16.7 Å². The van der Waals surface area contributed by atoms with Gasteiger partial charge in [-0.25, -0.2) is 4.39 Å². The van der Waals surface area contributed by atoms with Crippen molar-refractivity contribution in [3.05, 3.63) is 83.2 Å². The normalized spacial score (nSPS) is 15.0. The van der Waals surface area contributed by atoms with Gasteiger partial charge in [0.25, 0.3) is 0 Å². The van der Waals surface area contributed by atoms with Crippen LogP contribution in [0.15, 0.2) is 60.7 Å². The predicted octanol–water partition coefficient (Wildman–Crippen LogP) is 3.61. The van der Waals surface area contributed by atoms with Crippen molar-refractivity contribution in [2.75, 3.05) is 20.2 Å². The Bertz CT molecular complexity index is 1200. The van der Waals surface area contributed by atoms with Gasteiger partial charge in [-0.05, 0) is 71.8 Å². The van der Waals surface area contributed by atoms with Crippen molar-refractivity contribution in [1.29, 1.82) is 0 Å². The molecule has 182 valence electrons. The number of carbonyl (C=O) groups excluding carboxylic acids is 1. The first-order valence-electron chi connectivity index (χ1n) is 11.5. The molecule has 3 aromatic carbocycles. The molecular formula is C27H26FNO6. The van der Waals surface area contributed by atoms with Crippen molar-refractivity contribution in [3.63, 3.8) is 0 Å². The molecule has 0 aromatic heterocycles. The quantitative estimate of drug-likeness (QED) is 0.488. The van der Waals surface area contributed by atoms with E-state index in [0.29, 0.717) is 35.8 Å². The fraction of sp³-hybridized carbons (Fsp3) is 0.296. The number of carbonyl (C=O) groups is 1. The van der Waals surface area contributed by atoms with Gasteiger partial charge >= 0.3 is 0 Å². The van der Waals surface area contributed by atoms with Crippen LogP contribution in [-0.2, 0) is 24.2 Å². The van der Waals surface area contributed by atoms with E-state index in [-0.39, 0.29) is 44.4 Å². The number of amides is 1. The van der Waals surface area contributed by atoms with Crippen LogP contribution in [0, 0.1) is 17.7 Å². The Hall–Kier alpha value is -3.78. The molecule has 0 bridgehead atoms. The maximum absolute atomic E-state index is 13.4. The summed E-state index contributed by atoms with van der Waals surface area (Å²) in [4.78, 5) is 13.4. The lowest BCUT2D eigenvalue weighted by molar-refractivity contribution is -0.127. The number of ether oxygens (including phenoxy) is 4. The highest BCUT2D eigenvalue weighted by Gasteiger charge is 2.29. The summed E-state index contributed by atoms with van der Waals surface area (Å²) in [5, 5.41) is 13.3. The molecule has 2 heterocycles. The molecule has 0 saturated carbocycles. The number of aliphatic hydroxyl groups excluding tert-OH is 1. The lowest BCUT2D eigenvalue weighted by atomic mass is 9.82. The summed E-state index contributed by atoms with van der Waals surface area (Å²) >= 11 is 0. The topological polar surface area (TPSA) is 86.3 Å². The Morgan fingerprint density at radius 3 is 1.94 bits per heavy atom. The van der Waals surface area contributed by atoms with Gasteiger partial charge in [0.15, 0.2) is 23.0 Å². The Kier molecular flexibility index (Phi) is 6.72. The molecule has 2 N–H and O–H groups in total. The van der Waals surface area contributed by atoms with Crippen molar-refractivity contribution >= 4 is 5.91 Å². The van der Waals surface area contributed by atoms with Crippen molar-refractivity contribution in [2.45, 2.75) is 19.4 Å². The summed E-state index contributed by atoms with van der Waals surface area (Å²) in [6, 6.07) is 17.3. The summed E-state index contributed by atoms with van der Waals surface area (Å²) in [6.07, 6.45) is 0.883. The average molecular weight is 480 g/mol. The number of hydrogen-bond donors (Lipinski definition) is 2. The molecule has 0 spiro atoms. The van der Waals surface area contributed by atoms with Crippen LogP contribution in [0.5, 0.6) is 23.0 Å². The lowest BCUT2D eigenvalue weighted by Crippen LogP contribution is -2.38. The second kappa shape index (κ2) is 10.2. The van der Waals surface area contributed by atoms with Gasteiger partial charge in [-0.2, -0.15) is 0 Å². The Morgan fingerprint density at radius 2 is 1.34 bits per heavy atom. The SMILES string of the molecule is O=C(NCc1ccc(F)cc1)[C@@H](Cc1ccc2c(c1)OCO2)[C@@H](CO)Cc1ccc2c(c1)OCO2. The minimum atomic E-state index is -0.522. The Labute approximate surface area is 202 Å². The Morgan fingerprint density at radius 1 is 0.800 bits per heavy atom. The first-order chi connectivity index (χ1) is 17.1. The first kappa shape index (κ1) is 23.0. The summed E-state index contributed by atoms with van der Waals surface area (Å²) in [7, 11) is 0. The molecule has 8 heteroatoms. The third kappa shape index (κ3) is 5.33. The standard InChI is InChI=1S/C27H26FNO6/c28-21-5-1-17(2-6-21)13-29-27(31)22(10-19-4-8-24-26(12-19)35-16-33-24)20(14-30)9-18-3-7-23-25(11-18)34-15-32-23/h1-8,11-12,20,22,30H,9-10,13-16H2,(H,29,31)/t20-,22+/m1/s1. The van der Waals surface area contributed by atoms with Crippen LogP contribution < -0.4 is 24.3 Å². The highest BCUT2D eigenvalue weighted by atomic mass is 19.1. The van der Waals surface area contributed by atoms with Crippen LogP contribution in [0.3, 0.4) is 0 Å². The minimum absolute atomic E-state index is 0.170. The van der Waals surface area contributed by atoms with Gasteiger partial charge in [-0.1, -0.05) is 24.3 Å². The molecule has 0 fully saturated rings. The van der Waals surface area contributed by atoms with Crippen LogP contribution in [0.25, 0.3) is 0 Å². The highest BCUT2D eigenvalue weighted by Crippen LogP contribution is 2.36. The number of hydrogen-bond acceptors (Lipinski definition) is 6. The summed E-state index contributed by atoms with van der Waals surface area (Å²) in [6.45, 7) is 0.442. The fourth-order valence-electron chi connectivity index (χ4n) is 4.42. The van der Waals surface area contributed by atoms with Crippen LogP contribution >= 0.6 is 0 Å². The number of fused-ring (bicyclic) bond motifs is 2. The molecule has 0 radical (unpaired) electrons. The van der Waals surface area contributed by atoms with E-state index in [9.17, 15) is 14.3 Å². The smallest absolute Gasteiger partial charge is 0.231 e. The predicted molar refractivity (Wildman–Crippen MR) is 125 cm³/mol. The molecule has 5 rings (SSSR count). The summed E-state index contributed by atoms with van der Waals surface area (Å²) in [5.41, 5.74) is 2.63. The minimum Gasteiger partial charge on any atom is -0.454 e. The van der Waals surface area contributed by atoms with E-state index < -0.39 is 5.92 Å². The van der Waals surface area contributed by atoms with Crippen LogP contribution in [0.2, 0.25) is 0 Å². The number of halogens is 1. The van der Waals surface area contributed by atoms with E-state index in [1.54, 1.807) is 12.1 Å². The number of aliphatic hydroxyl groups is 1. The first-order valence-corrected chi connectivity index (χ1v) is 11.5. The summed E-state index contributed by atoms with van der Waals surface area (Å²) < 4.78 is 35.0. The van der Waals surface area contributed by atoms with Crippen molar-refractivity contribution < 1.29 is 33.2 Å². The molecule has 7 nitrogen and oxygen atoms in total. The average Bonchev–Trinajstić information content (AvgIpc) is 3.54. The van der Waals surface area contributed by atoms with E-state index in [1.807, 2.05) is 36.4 Å². The third-order valence-corrected chi connectivity index (χ3v) is 6.35. The van der Waals surface area contributed by atoms with Gasteiger partial charge in [0.2, 0.25) is 19.5 Å². The molecule has 2 aliphatic heterocycles. The number of benzene rings is 3. The second-order valence-electron chi connectivity index (χ2n) is 8.68. The Balaban J connectivity index is 1.36. The number of rotatable bonds is 9. The zero-order valence-corrected chi connectivity index (χ0v) is 19.0. The molecule has 3 aromatic rings. The van der Waals surface area contributed by atoms with Gasteiger partial charge in [0, 0.05) is 19.1 Å². The van der Waals surface area contributed by atoms with Crippen LogP contribution in [0.4, 0.5) is 4.39 Å². The largest absolute Gasteiger partial charge is 0.454 e. The molecule has 35 heavy (non-hydrogen) atoms. The van der Waals surface area contributed by atoms with E-state index in [1.165, 1.54) is 12.1 Å². The van der Waals surface area contributed by atoms with Crippen molar-refractivity contribution in [2.24, 2.45) is 11.8 Å². The van der Waals surface area contributed by atoms with Crippen LogP contribution in [-0.4, -0.2) is 31.2 Å². The highest BCUT2D eigenvalue weighted by molar-refractivity contribution is 5.79. The van der Waals surface area contributed by atoms with Crippen molar-refractivity contribution in [1.82, 2.24) is 5.32 Å². The van der Waals surface area contributed by atoms with Gasteiger partial charge in [0.05, 0.1) is 0 Å². The molecule has 2 aliphatic rings. The van der Waals surface area contributed by atoms with Crippen LogP contribution in [0.1, 0.15) is 16.7 Å². The van der Waals surface area contributed by atoms with Crippen molar-refractivity contribution in [3.8, 4) is 23.0 Å². The second-order valence-corrected chi connectivity index (χ2v) is 8.68. The van der Waals surface area contributed by atoms with Gasteiger partial charge in [0.1, 0.15) is 5.82 Å². The van der Waals surface area contributed by atoms with E-state index in [2.05, 4.69) is 5.32 Å². The molecule has 0 unspecified atom stereocenters. The molecular weight excluding hydrogens is 453 g/mol. The van der Waals surface area contributed by atoms with Gasteiger partial charge in [-0.15, -0.1) is 0 Å².